The molecule has 1 aromatic rings. The van der Waals surface area contributed by atoms with Crippen molar-refractivity contribution in [3.63, 3.8) is 0 Å². The predicted octanol–water partition coefficient (Wildman–Crippen LogP) is 4.64. The molecular weight excluding hydrogens is 405 g/mol. The van der Waals surface area contributed by atoms with Crippen LogP contribution in [0.2, 0.25) is 0 Å². The van der Waals surface area contributed by atoms with Crippen molar-refractivity contribution in [1.29, 1.82) is 4.78 Å². The van der Waals surface area contributed by atoms with Gasteiger partial charge in [-0.2, -0.15) is 0 Å². The van der Waals surface area contributed by atoms with Crippen LogP contribution >= 0.6 is 9.24 Å². The lowest BCUT2D eigenvalue weighted by Crippen LogP contribution is -2.16. The normalized spacial score (nSPS) is 28.0. The van der Waals surface area contributed by atoms with Gasteiger partial charge >= 0.3 is 0 Å². The maximum absolute atomic E-state index is 12.7. The lowest BCUT2D eigenvalue weighted by atomic mass is 9.93. The van der Waals surface area contributed by atoms with Crippen molar-refractivity contribution in [1.82, 2.24) is 0 Å². The molecule has 5 nitrogen and oxygen atoms in total. The smallest absolute Gasteiger partial charge is 0.148 e. The van der Waals surface area contributed by atoms with Crippen LogP contribution in [-0.4, -0.2) is 33.6 Å². The highest BCUT2D eigenvalue weighted by Gasteiger charge is 2.69. The summed E-state index contributed by atoms with van der Waals surface area (Å²) in [7, 11) is 0.913. The van der Waals surface area contributed by atoms with Crippen LogP contribution in [0.15, 0.2) is 18.2 Å². The molecular formula is C22H36NO4PS. The molecule has 7 heteroatoms. The summed E-state index contributed by atoms with van der Waals surface area (Å²) in [6, 6.07) is 5.52. The number of nitrogens with one attached hydrogen (secondary N) is 1. The van der Waals surface area contributed by atoms with Crippen LogP contribution in [0.4, 0.5) is 0 Å². The number of unbranched alkanes of at least 4 members (excludes halogenated alkanes) is 3. The summed E-state index contributed by atoms with van der Waals surface area (Å²) in [6.45, 7) is 5.77. The quantitative estimate of drug-likeness (QED) is 0.281. The van der Waals surface area contributed by atoms with E-state index in [1.165, 1.54) is 39.7 Å². The first-order valence-corrected chi connectivity index (χ1v) is 12.7. The average molecular weight is 442 g/mol. The molecule has 0 radical (unpaired) electrons. The summed E-state index contributed by atoms with van der Waals surface area (Å²) < 4.78 is 25.2. The second-order valence-electron chi connectivity index (χ2n) is 8.47. The molecule has 1 aliphatic rings. The van der Waals surface area contributed by atoms with Gasteiger partial charge in [-0.05, 0) is 37.3 Å². The third-order valence-corrected chi connectivity index (χ3v) is 10.4. The summed E-state index contributed by atoms with van der Waals surface area (Å²) >= 11 is 0. The second kappa shape index (κ2) is 9.89. The van der Waals surface area contributed by atoms with Crippen molar-refractivity contribution in [3.8, 4) is 5.75 Å². The summed E-state index contributed by atoms with van der Waals surface area (Å²) in [5, 5.41) is 9.73. The highest BCUT2D eigenvalue weighted by atomic mass is 32.2. The van der Waals surface area contributed by atoms with Gasteiger partial charge < -0.3 is 9.84 Å². The molecule has 164 valence electrons. The minimum Gasteiger partial charge on any atom is -0.496 e. The molecule has 6 atom stereocenters. The maximum Gasteiger partial charge on any atom is 0.148 e. The van der Waals surface area contributed by atoms with Crippen molar-refractivity contribution < 1.29 is 18.8 Å². The van der Waals surface area contributed by atoms with Crippen LogP contribution in [0.5, 0.6) is 5.75 Å². The van der Waals surface area contributed by atoms with Crippen LogP contribution in [-0.2, 0) is 25.4 Å². The molecule has 1 heterocycles. The Bertz CT molecular complexity index is 826. The molecule has 0 aliphatic carbocycles. The van der Waals surface area contributed by atoms with Crippen molar-refractivity contribution in [2.75, 3.05) is 7.11 Å². The average Bonchev–Trinajstić information content (AvgIpc) is 3.12. The topological polar surface area (TPSA) is 87.4 Å². The van der Waals surface area contributed by atoms with Crippen LogP contribution in [0.25, 0.3) is 0 Å². The van der Waals surface area contributed by atoms with E-state index in [0.717, 1.165) is 18.4 Å². The van der Waals surface area contributed by atoms with E-state index in [4.69, 9.17) is 9.52 Å². The number of methoxy groups -OCH3 is 1. The minimum atomic E-state index is -3.09. The number of carbonyl (C=O) groups excluding carboxylic acids is 1. The first kappa shape index (κ1) is 24.3. The fourth-order valence-corrected chi connectivity index (χ4v) is 7.75. The van der Waals surface area contributed by atoms with Crippen molar-refractivity contribution in [2.45, 2.75) is 81.6 Å². The lowest BCUT2D eigenvalue weighted by molar-refractivity contribution is -0.116. The standard InChI is InChI=1S/C22H36NO4PS/c1-5-6-7-8-9-15(2)12-18(25)13-17-10-11-20(27-4)19(14-17)22(28)21(16(3)24)29(22,23)26/h10-11,14-15,18,21,23,25H,5-9,12-13,28H2,1-4H3. The van der Waals surface area contributed by atoms with Gasteiger partial charge in [0.1, 0.15) is 21.3 Å². The summed E-state index contributed by atoms with van der Waals surface area (Å²) in [4.78, 5) is 11.9. The molecule has 29 heavy (non-hydrogen) atoms. The van der Waals surface area contributed by atoms with E-state index in [1.54, 1.807) is 6.07 Å². The Balaban J connectivity index is 2.10. The number of Topliss-reactive ketones (excluding diaryl/α,β-unsaturated/α-hetero) is 1. The van der Waals surface area contributed by atoms with E-state index in [2.05, 4.69) is 23.1 Å². The Labute approximate surface area is 178 Å². The Hall–Kier alpha value is -0.970. The predicted molar refractivity (Wildman–Crippen MR) is 122 cm³/mol. The monoisotopic (exact) mass is 441 g/mol. The van der Waals surface area contributed by atoms with Gasteiger partial charge in [0, 0.05) is 5.56 Å². The van der Waals surface area contributed by atoms with Gasteiger partial charge in [0.15, 0.2) is 0 Å². The lowest BCUT2D eigenvalue weighted by Gasteiger charge is -2.19. The first-order valence-electron chi connectivity index (χ1n) is 10.5. The maximum atomic E-state index is 12.7. The SMILES string of the molecule is CCCCCCC(C)CC(O)Cc1ccc(OC)c(C2(P)C(C(C)=O)S2(=N)=O)c1. The Morgan fingerprint density at radius 2 is 2.07 bits per heavy atom. The van der Waals surface area contributed by atoms with Crippen LogP contribution in [0.1, 0.15) is 70.4 Å². The molecule has 1 saturated heterocycles. The van der Waals surface area contributed by atoms with Crippen molar-refractivity contribution >= 4 is 24.8 Å². The molecule has 0 spiro atoms. The van der Waals surface area contributed by atoms with Crippen LogP contribution < -0.4 is 4.74 Å². The largest absolute Gasteiger partial charge is 0.496 e. The van der Waals surface area contributed by atoms with Crippen LogP contribution in [0, 0.1) is 10.7 Å². The Kier molecular flexibility index (Phi) is 8.29. The fourth-order valence-electron chi connectivity index (χ4n) is 4.26. The van der Waals surface area contributed by atoms with Gasteiger partial charge in [0.05, 0.1) is 22.9 Å². The number of hydrogen-bond donors (Lipinski definition) is 2. The number of hydrogen-bond acceptors (Lipinski definition) is 5. The molecule has 1 aliphatic heterocycles. The van der Waals surface area contributed by atoms with Gasteiger partial charge in [0.2, 0.25) is 0 Å². The summed E-state index contributed by atoms with van der Waals surface area (Å²) in [6.07, 6.45) is 6.84. The molecule has 0 amide bonds. The molecule has 0 saturated carbocycles. The Morgan fingerprint density at radius 1 is 1.38 bits per heavy atom. The van der Waals surface area contributed by atoms with E-state index in [9.17, 15) is 14.1 Å². The zero-order valence-corrected chi connectivity index (χ0v) is 20.0. The van der Waals surface area contributed by atoms with Gasteiger partial charge in [-0.1, -0.05) is 58.1 Å². The number of aliphatic hydroxyl groups excluding tert-OH is 1. The Morgan fingerprint density at radius 3 is 2.62 bits per heavy atom. The molecule has 1 aromatic carbocycles. The van der Waals surface area contributed by atoms with Crippen molar-refractivity contribution in [3.05, 3.63) is 29.3 Å². The number of ether oxygens (including phenoxy) is 1. The molecule has 0 bridgehead atoms. The highest BCUT2D eigenvalue weighted by Crippen LogP contribution is 2.62. The number of ketones is 1. The van der Waals surface area contributed by atoms with E-state index >= 15 is 0 Å². The highest BCUT2D eigenvalue weighted by molar-refractivity contribution is 8.06. The van der Waals surface area contributed by atoms with E-state index in [-0.39, 0.29) is 5.78 Å². The number of benzene rings is 1. The zero-order chi connectivity index (χ0) is 21.8. The summed E-state index contributed by atoms with van der Waals surface area (Å²) in [5.74, 6) is 0.737. The second-order valence-corrected chi connectivity index (χ2v) is 12.1. The van der Waals surface area contributed by atoms with Crippen molar-refractivity contribution in [2.24, 2.45) is 5.92 Å². The molecule has 6 unspecified atom stereocenters. The van der Waals surface area contributed by atoms with E-state index < -0.39 is 25.6 Å². The van der Waals surface area contributed by atoms with Crippen LogP contribution in [0.3, 0.4) is 0 Å². The van der Waals surface area contributed by atoms with Gasteiger partial charge in [-0.3, -0.25) is 9.57 Å². The first-order chi connectivity index (χ1) is 13.6. The third-order valence-electron chi connectivity index (χ3n) is 5.92. The molecule has 2 N–H and O–H groups in total. The van der Waals surface area contributed by atoms with E-state index in [0.29, 0.717) is 23.7 Å². The molecule has 0 aromatic heterocycles. The molecule has 1 fully saturated rings. The molecule has 2 rings (SSSR count). The minimum absolute atomic E-state index is 0.246. The fraction of sp³-hybridized carbons (Fsp3) is 0.682. The summed E-state index contributed by atoms with van der Waals surface area (Å²) in [5.41, 5.74) is 1.50. The van der Waals surface area contributed by atoms with Gasteiger partial charge in [0.25, 0.3) is 0 Å². The number of rotatable bonds is 12. The zero-order valence-electron chi connectivity index (χ0n) is 18.1. The van der Waals surface area contributed by atoms with Gasteiger partial charge in [-0.25, -0.2) is 4.21 Å². The number of carbonyl (C=O) groups is 1. The third kappa shape index (κ3) is 5.21. The van der Waals surface area contributed by atoms with Gasteiger partial charge in [-0.15, -0.1) is 9.24 Å². The van der Waals surface area contributed by atoms with E-state index in [1.807, 2.05) is 12.1 Å². The number of aliphatic hydroxyl groups is 1.